The van der Waals surface area contributed by atoms with Gasteiger partial charge in [-0.25, -0.2) is 0 Å². The maximum Gasteiger partial charge on any atom is 0.0607 e. The Morgan fingerprint density at radius 2 is 2.21 bits per heavy atom. The van der Waals surface area contributed by atoms with Gasteiger partial charge >= 0.3 is 0 Å². The van der Waals surface area contributed by atoms with Crippen LogP contribution in [0.1, 0.15) is 26.7 Å². The predicted molar refractivity (Wildman–Crippen MR) is 59.4 cm³/mol. The number of nitrogens with one attached hydrogen (secondary N) is 1. The summed E-state index contributed by atoms with van der Waals surface area (Å²) < 4.78 is 0. The normalized spacial score (nSPS) is 25.3. The molecular formula is C11H24N2O. The van der Waals surface area contributed by atoms with Crippen LogP contribution in [0.4, 0.5) is 0 Å². The molecule has 0 aromatic rings. The van der Waals surface area contributed by atoms with Gasteiger partial charge in [-0.15, -0.1) is 0 Å². The lowest BCUT2D eigenvalue weighted by Gasteiger charge is -2.32. The number of rotatable bonds is 4. The number of aliphatic hydroxyl groups excluding tert-OH is 1. The van der Waals surface area contributed by atoms with Crippen LogP contribution >= 0.6 is 0 Å². The zero-order valence-electron chi connectivity index (χ0n) is 9.71. The van der Waals surface area contributed by atoms with Crippen molar-refractivity contribution < 1.29 is 5.11 Å². The molecule has 0 saturated carbocycles. The molecule has 2 N–H and O–H groups in total. The molecule has 0 aliphatic carbocycles. The summed E-state index contributed by atoms with van der Waals surface area (Å²) in [6.45, 7) is 7.74. The van der Waals surface area contributed by atoms with Crippen LogP contribution in [0.25, 0.3) is 0 Å². The number of aliphatic hydroxyl groups is 1. The third-order valence-corrected chi connectivity index (χ3v) is 2.99. The Labute approximate surface area is 87.5 Å². The molecule has 0 aromatic carbocycles. The molecule has 14 heavy (non-hydrogen) atoms. The minimum atomic E-state index is -0.129. The SMILES string of the molecule is CN1CCCC(CNC(C)(C)CO)C1. The number of nitrogens with zero attached hydrogens (tertiary/aromatic N) is 1. The maximum absolute atomic E-state index is 9.10. The first-order valence-electron chi connectivity index (χ1n) is 5.58. The van der Waals surface area contributed by atoms with Crippen molar-refractivity contribution in [2.24, 2.45) is 5.92 Å². The van der Waals surface area contributed by atoms with Crippen molar-refractivity contribution in [1.29, 1.82) is 0 Å². The number of hydrogen-bond acceptors (Lipinski definition) is 3. The van der Waals surface area contributed by atoms with Gasteiger partial charge in [0.1, 0.15) is 0 Å². The van der Waals surface area contributed by atoms with Crippen LogP contribution in [0.2, 0.25) is 0 Å². The van der Waals surface area contributed by atoms with Crippen LogP contribution in [-0.4, -0.2) is 48.8 Å². The maximum atomic E-state index is 9.10. The van der Waals surface area contributed by atoms with E-state index in [1.807, 2.05) is 13.8 Å². The van der Waals surface area contributed by atoms with E-state index in [0.29, 0.717) is 0 Å². The number of likely N-dealkylation sites (tertiary alicyclic amines) is 1. The molecule has 3 heteroatoms. The molecule has 0 spiro atoms. The molecule has 0 amide bonds. The summed E-state index contributed by atoms with van der Waals surface area (Å²) in [5.74, 6) is 0.750. The molecule has 1 saturated heterocycles. The molecule has 0 bridgehead atoms. The number of piperidine rings is 1. The van der Waals surface area contributed by atoms with E-state index in [9.17, 15) is 0 Å². The average molecular weight is 200 g/mol. The van der Waals surface area contributed by atoms with Gasteiger partial charge in [-0.3, -0.25) is 0 Å². The van der Waals surface area contributed by atoms with E-state index in [0.717, 1.165) is 12.5 Å². The Morgan fingerprint density at radius 3 is 2.79 bits per heavy atom. The van der Waals surface area contributed by atoms with Crippen molar-refractivity contribution in [3.05, 3.63) is 0 Å². The second-order valence-corrected chi connectivity index (χ2v) is 5.19. The van der Waals surface area contributed by atoms with E-state index in [1.54, 1.807) is 0 Å². The highest BCUT2D eigenvalue weighted by Crippen LogP contribution is 2.15. The molecule has 0 aromatic heterocycles. The van der Waals surface area contributed by atoms with E-state index in [1.165, 1.54) is 25.9 Å². The molecule has 1 unspecified atom stereocenters. The Bertz CT molecular complexity index is 171. The second kappa shape index (κ2) is 5.10. The summed E-state index contributed by atoms with van der Waals surface area (Å²) in [5.41, 5.74) is -0.129. The zero-order chi connectivity index (χ0) is 10.6. The Balaban J connectivity index is 2.23. The minimum absolute atomic E-state index is 0.129. The third kappa shape index (κ3) is 3.95. The Kier molecular flexibility index (Phi) is 4.35. The van der Waals surface area contributed by atoms with Gasteiger partial charge in [-0.1, -0.05) is 0 Å². The molecule has 1 aliphatic heterocycles. The van der Waals surface area contributed by atoms with E-state index in [2.05, 4.69) is 17.3 Å². The summed E-state index contributed by atoms with van der Waals surface area (Å²) in [4.78, 5) is 2.39. The van der Waals surface area contributed by atoms with Crippen LogP contribution in [0, 0.1) is 5.92 Å². The van der Waals surface area contributed by atoms with Crippen LogP contribution in [-0.2, 0) is 0 Å². The lowest BCUT2D eigenvalue weighted by Crippen LogP contribution is -2.47. The van der Waals surface area contributed by atoms with Gasteiger partial charge in [0.25, 0.3) is 0 Å². The highest BCUT2D eigenvalue weighted by molar-refractivity contribution is 4.80. The number of hydrogen-bond donors (Lipinski definition) is 2. The van der Waals surface area contributed by atoms with Crippen molar-refractivity contribution in [2.75, 3.05) is 33.3 Å². The largest absolute Gasteiger partial charge is 0.394 e. The fraction of sp³-hybridized carbons (Fsp3) is 1.00. The molecule has 0 radical (unpaired) electrons. The smallest absolute Gasteiger partial charge is 0.0607 e. The molecule has 3 nitrogen and oxygen atoms in total. The molecular weight excluding hydrogens is 176 g/mol. The van der Waals surface area contributed by atoms with E-state index >= 15 is 0 Å². The molecule has 1 rings (SSSR count). The first-order valence-corrected chi connectivity index (χ1v) is 5.58. The van der Waals surface area contributed by atoms with Crippen molar-refractivity contribution in [1.82, 2.24) is 10.2 Å². The first kappa shape index (κ1) is 12.0. The zero-order valence-corrected chi connectivity index (χ0v) is 9.71. The monoisotopic (exact) mass is 200 g/mol. The molecule has 84 valence electrons. The van der Waals surface area contributed by atoms with E-state index in [4.69, 9.17) is 5.11 Å². The van der Waals surface area contributed by atoms with E-state index < -0.39 is 0 Å². The van der Waals surface area contributed by atoms with Gasteiger partial charge in [0, 0.05) is 12.1 Å². The highest BCUT2D eigenvalue weighted by atomic mass is 16.3. The molecule has 1 fully saturated rings. The van der Waals surface area contributed by atoms with Gasteiger partial charge in [-0.2, -0.15) is 0 Å². The third-order valence-electron chi connectivity index (χ3n) is 2.99. The minimum Gasteiger partial charge on any atom is -0.394 e. The summed E-state index contributed by atoms with van der Waals surface area (Å²) in [6.07, 6.45) is 2.63. The van der Waals surface area contributed by atoms with Crippen LogP contribution < -0.4 is 5.32 Å². The second-order valence-electron chi connectivity index (χ2n) is 5.19. The fourth-order valence-electron chi connectivity index (χ4n) is 1.92. The average Bonchev–Trinajstić information content (AvgIpc) is 2.15. The molecule has 1 aliphatic rings. The quantitative estimate of drug-likeness (QED) is 0.701. The molecule has 1 heterocycles. The van der Waals surface area contributed by atoms with Gasteiger partial charge in [0.2, 0.25) is 0 Å². The van der Waals surface area contributed by atoms with Gasteiger partial charge < -0.3 is 15.3 Å². The predicted octanol–water partition coefficient (Wildman–Crippen LogP) is 0.689. The highest BCUT2D eigenvalue weighted by Gasteiger charge is 2.21. The van der Waals surface area contributed by atoms with Crippen LogP contribution in [0.3, 0.4) is 0 Å². The first-order chi connectivity index (χ1) is 6.53. The lowest BCUT2D eigenvalue weighted by molar-refractivity contribution is 0.160. The summed E-state index contributed by atoms with van der Waals surface area (Å²) in [7, 11) is 2.18. The van der Waals surface area contributed by atoms with Gasteiger partial charge in [0.05, 0.1) is 6.61 Å². The van der Waals surface area contributed by atoms with Gasteiger partial charge in [0.15, 0.2) is 0 Å². The molecule has 1 atom stereocenters. The summed E-state index contributed by atoms with van der Waals surface area (Å²) in [6, 6.07) is 0. The standard InChI is InChI=1S/C11H24N2O/c1-11(2,9-14)12-7-10-5-4-6-13(3)8-10/h10,12,14H,4-9H2,1-3H3. The van der Waals surface area contributed by atoms with Crippen molar-refractivity contribution >= 4 is 0 Å². The van der Waals surface area contributed by atoms with E-state index in [-0.39, 0.29) is 12.1 Å². The van der Waals surface area contributed by atoms with Crippen LogP contribution in [0.15, 0.2) is 0 Å². The van der Waals surface area contributed by atoms with Crippen molar-refractivity contribution in [3.8, 4) is 0 Å². The topological polar surface area (TPSA) is 35.5 Å². The van der Waals surface area contributed by atoms with Crippen LogP contribution in [0.5, 0.6) is 0 Å². The Hall–Kier alpha value is -0.120. The summed E-state index contributed by atoms with van der Waals surface area (Å²) in [5, 5.41) is 12.5. The van der Waals surface area contributed by atoms with Gasteiger partial charge in [-0.05, 0) is 52.7 Å². The van der Waals surface area contributed by atoms with Crippen molar-refractivity contribution in [3.63, 3.8) is 0 Å². The fourth-order valence-corrected chi connectivity index (χ4v) is 1.92. The van der Waals surface area contributed by atoms with Crippen molar-refractivity contribution in [2.45, 2.75) is 32.2 Å². The Morgan fingerprint density at radius 1 is 1.50 bits per heavy atom. The lowest BCUT2D eigenvalue weighted by atomic mass is 9.97. The summed E-state index contributed by atoms with van der Waals surface area (Å²) >= 11 is 0.